The lowest BCUT2D eigenvalue weighted by molar-refractivity contribution is -0.255. The zero-order chi connectivity index (χ0) is 13.3. The summed E-state index contributed by atoms with van der Waals surface area (Å²) < 4.78 is 38.4. The van der Waals surface area contributed by atoms with Gasteiger partial charge in [0.25, 0.3) is 0 Å². The zero-order valence-electron chi connectivity index (χ0n) is 8.81. The fourth-order valence-corrected chi connectivity index (χ4v) is 1.48. The first-order valence-electron chi connectivity index (χ1n) is 4.82. The number of rotatable bonds is 2. The van der Waals surface area contributed by atoms with Crippen LogP contribution < -0.4 is 5.11 Å². The standard InChI is InChI=1S/C11H7F3N2O2/c12-11(13,14)7-2-1-3-8(6-7)16-9(10(17)18)4-5-15-16/h1-6H,(H,17,18)/p-1. The Hall–Kier alpha value is -2.31. The molecule has 1 aromatic carbocycles. The second-order valence-electron chi connectivity index (χ2n) is 3.46. The predicted molar refractivity (Wildman–Crippen MR) is 52.9 cm³/mol. The van der Waals surface area contributed by atoms with Gasteiger partial charge in [-0.2, -0.15) is 18.3 Å². The summed E-state index contributed by atoms with van der Waals surface area (Å²) in [7, 11) is 0. The number of benzene rings is 1. The molecule has 1 heterocycles. The van der Waals surface area contributed by atoms with E-state index in [2.05, 4.69) is 5.10 Å². The van der Waals surface area contributed by atoms with Crippen molar-refractivity contribution in [1.82, 2.24) is 9.78 Å². The minimum Gasteiger partial charge on any atom is -0.543 e. The number of nitrogens with zero attached hydrogens (tertiary/aromatic N) is 2. The summed E-state index contributed by atoms with van der Waals surface area (Å²) in [6.45, 7) is 0. The summed E-state index contributed by atoms with van der Waals surface area (Å²) >= 11 is 0. The molecular formula is C11H6F3N2O2-. The van der Waals surface area contributed by atoms with Gasteiger partial charge in [-0.3, -0.25) is 0 Å². The lowest BCUT2D eigenvalue weighted by atomic mass is 10.2. The van der Waals surface area contributed by atoms with E-state index in [-0.39, 0.29) is 11.4 Å². The Labute approximate surface area is 99.3 Å². The van der Waals surface area contributed by atoms with Gasteiger partial charge in [0, 0.05) is 0 Å². The number of aromatic carboxylic acids is 1. The third kappa shape index (κ3) is 2.20. The first-order chi connectivity index (χ1) is 8.39. The van der Waals surface area contributed by atoms with Gasteiger partial charge in [-0.25, -0.2) is 4.68 Å². The first-order valence-corrected chi connectivity index (χ1v) is 4.82. The van der Waals surface area contributed by atoms with Crippen molar-refractivity contribution in [2.45, 2.75) is 6.18 Å². The van der Waals surface area contributed by atoms with Crippen molar-refractivity contribution in [2.75, 3.05) is 0 Å². The van der Waals surface area contributed by atoms with E-state index in [9.17, 15) is 23.1 Å². The molecule has 0 spiro atoms. The number of carbonyl (C=O) groups excluding carboxylic acids is 1. The average Bonchev–Trinajstić information content (AvgIpc) is 2.77. The summed E-state index contributed by atoms with van der Waals surface area (Å²) in [5, 5.41) is 14.4. The molecule has 0 bridgehead atoms. The SMILES string of the molecule is O=C([O-])c1ccnn1-c1cccc(C(F)(F)F)c1. The molecule has 0 aliphatic heterocycles. The molecule has 18 heavy (non-hydrogen) atoms. The molecule has 0 amide bonds. The second-order valence-corrected chi connectivity index (χ2v) is 3.46. The van der Waals surface area contributed by atoms with E-state index in [0.29, 0.717) is 0 Å². The molecule has 0 fully saturated rings. The average molecular weight is 255 g/mol. The molecule has 0 saturated carbocycles. The van der Waals surface area contributed by atoms with Crippen LogP contribution in [0.2, 0.25) is 0 Å². The van der Waals surface area contributed by atoms with Crippen LogP contribution in [0.5, 0.6) is 0 Å². The number of alkyl halides is 3. The van der Waals surface area contributed by atoms with Crippen LogP contribution in [-0.4, -0.2) is 15.7 Å². The molecule has 0 aliphatic rings. The van der Waals surface area contributed by atoms with Crippen LogP contribution in [0, 0.1) is 0 Å². The highest BCUT2D eigenvalue weighted by atomic mass is 19.4. The fourth-order valence-electron chi connectivity index (χ4n) is 1.48. The highest BCUT2D eigenvalue weighted by Gasteiger charge is 2.30. The monoisotopic (exact) mass is 255 g/mol. The van der Waals surface area contributed by atoms with E-state index in [1.807, 2.05) is 0 Å². The third-order valence-corrected chi connectivity index (χ3v) is 2.27. The smallest absolute Gasteiger partial charge is 0.416 e. The first kappa shape index (κ1) is 12.2. The van der Waals surface area contributed by atoms with Gasteiger partial charge in [-0.15, -0.1) is 0 Å². The van der Waals surface area contributed by atoms with Gasteiger partial charge in [0.05, 0.1) is 29.1 Å². The Bertz CT molecular complexity index is 590. The summed E-state index contributed by atoms with van der Waals surface area (Å²) in [5.74, 6) is -1.51. The third-order valence-electron chi connectivity index (χ3n) is 2.27. The molecule has 0 atom stereocenters. The highest BCUT2D eigenvalue weighted by molar-refractivity contribution is 5.84. The van der Waals surface area contributed by atoms with Gasteiger partial charge in [0.15, 0.2) is 0 Å². The van der Waals surface area contributed by atoms with Crippen LogP contribution in [0.25, 0.3) is 5.69 Å². The van der Waals surface area contributed by atoms with Gasteiger partial charge >= 0.3 is 6.18 Å². The molecule has 2 aromatic rings. The van der Waals surface area contributed by atoms with Crippen molar-refractivity contribution in [2.24, 2.45) is 0 Å². The minimum absolute atomic E-state index is 0.00836. The van der Waals surface area contributed by atoms with E-state index in [1.165, 1.54) is 18.3 Å². The van der Waals surface area contributed by atoms with E-state index < -0.39 is 17.7 Å². The van der Waals surface area contributed by atoms with Crippen LogP contribution in [0.4, 0.5) is 13.2 Å². The molecule has 0 unspecified atom stereocenters. The van der Waals surface area contributed by atoms with E-state index in [0.717, 1.165) is 22.9 Å². The van der Waals surface area contributed by atoms with Gasteiger partial charge in [-0.1, -0.05) is 6.07 Å². The number of halogens is 3. The van der Waals surface area contributed by atoms with E-state index in [1.54, 1.807) is 0 Å². The Morgan fingerprint density at radius 3 is 2.61 bits per heavy atom. The molecule has 2 rings (SSSR count). The summed E-state index contributed by atoms with van der Waals surface area (Å²) in [6.07, 6.45) is -3.32. The van der Waals surface area contributed by atoms with Gasteiger partial charge in [0.1, 0.15) is 0 Å². The van der Waals surface area contributed by atoms with Gasteiger partial charge in [0.2, 0.25) is 0 Å². The Balaban J connectivity index is 2.52. The molecule has 4 nitrogen and oxygen atoms in total. The van der Waals surface area contributed by atoms with Crippen LogP contribution in [-0.2, 0) is 6.18 Å². The zero-order valence-corrected chi connectivity index (χ0v) is 8.81. The maximum atomic E-state index is 12.5. The number of hydrogen-bond donors (Lipinski definition) is 0. The Morgan fingerprint density at radius 1 is 1.28 bits per heavy atom. The Morgan fingerprint density at radius 2 is 2.00 bits per heavy atom. The van der Waals surface area contributed by atoms with Crippen LogP contribution >= 0.6 is 0 Å². The topological polar surface area (TPSA) is 57.9 Å². The summed E-state index contributed by atoms with van der Waals surface area (Å²) in [6, 6.07) is 5.37. The molecule has 7 heteroatoms. The number of hydrogen-bond acceptors (Lipinski definition) is 3. The molecule has 0 radical (unpaired) electrons. The van der Waals surface area contributed by atoms with Crippen molar-refractivity contribution in [3.63, 3.8) is 0 Å². The quantitative estimate of drug-likeness (QED) is 0.811. The van der Waals surface area contributed by atoms with Gasteiger partial charge < -0.3 is 9.90 Å². The molecule has 0 saturated heterocycles. The number of carboxylic acids is 1. The van der Waals surface area contributed by atoms with Crippen LogP contribution in [0.15, 0.2) is 36.5 Å². The number of carbonyl (C=O) groups is 1. The van der Waals surface area contributed by atoms with E-state index >= 15 is 0 Å². The largest absolute Gasteiger partial charge is 0.543 e. The molecule has 0 N–H and O–H groups in total. The van der Waals surface area contributed by atoms with Crippen molar-refractivity contribution in [1.29, 1.82) is 0 Å². The molecule has 0 aliphatic carbocycles. The molecule has 1 aromatic heterocycles. The lowest BCUT2D eigenvalue weighted by Crippen LogP contribution is -2.25. The summed E-state index contributed by atoms with van der Waals surface area (Å²) in [4.78, 5) is 10.7. The maximum Gasteiger partial charge on any atom is 0.416 e. The number of carboxylic acid groups (broad SMARTS) is 1. The van der Waals surface area contributed by atoms with Crippen molar-refractivity contribution in [3.05, 3.63) is 47.8 Å². The minimum atomic E-state index is -4.50. The summed E-state index contributed by atoms with van der Waals surface area (Å²) in [5.41, 5.74) is -1.18. The maximum absolute atomic E-state index is 12.5. The second kappa shape index (κ2) is 4.17. The van der Waals surface area contributed by atoms with Crippen molar-refractivity contribution >= 4 is 5.97 Å². The van der Waals surface area contributed by atoms with Crippen molar-refractivity contribution < 1.29 is 23.1 Å². The van der Waals surface area contributed by atoms with Crippen LogP contribution in [0.1, 0.15) is 16.1 Å². The lowest BCUT2D eigenvalue weighted by Gasteiger charge is -2.11. The number of aromatic nitrogens is 2. The van der Waals surface area contributed by atoms with Crippen LogP contribution in [0.3, 0.4) is 0 Å². The van der Waals surface area contributed by atoms with Gasteiger partial charge in [-0.05, 0) is 24.3 Å². The molecule has 94 valence electrons. The van der Waals surface area contributed by atoms with Crippen molar-refractivity contribution in [3.8, 4) is 5.69 Å². The van der Waals surface area contributed by atoms with E-state index in [4.69, 9.17) is 0 Å². The normalized spacial score (nSPS) is 11.5. The fraction of sp³-hybridized carbons (Fsp3) is 0.0909. The Kier molecular flexibility index (Phi) is 2.82. The predicted octanol–water partition coefficient (Wildman–Crippen LogP) is 1.25. The highest BCUT2D eigenvalue weighted by Crippen LogP contribution is 2.30. The molecular weight excluding hydrogens is 249 g/mol.